The first-order chi connectivity index (χ1) is 12.7. The van der Waals surface area contributed by atoms with Crippen LogP contribution < -0.4 is 5.32 Å². The number of aryl methyl sites for hydroxylation is 1. The molecule has 0 spiro atoms. The van der Waals surface area contributed by atoms with Gasteiger partial charge in [0.1, 0.15) is 11.8 Å². The molecule has 0 aliphatic carbocycles. The number of carbonyl (C=O) groups excluding carboxylic acids is 1. The molecule has 4 rings (SSSR count). The summed E-state index contributed by atoms with van der Waals surface area (Å²) in [7, 11) is 1.86. The number of nitrogens with zero attached hydrogens (tertiary/aromatic N) is 3. The van der Waals surface area contributed by atoms with Gasteiger partial charge < -0.3 is 19.4 Å². The third-order valence-corrected chi connectivity index (χ3v) is 5.28. The summed E-state index contributed by atoms with van der Waals surface area (Å²) in [4.78, 5) is 12.3. The summed E-state index contributed by atoms with van der Waals surface area (Å²) in [5, 5.41) is 7.76. The predicted molar refractivity (Wildman–Crippen MR) is 95.9 cm³/mol. The molecule has 1 amide bonds. The van der Waals surface area contributed by atoms with Gasteiger partial charge in [-0.1, -0.05) is 0 Å². The van der Waals surface area contributed by atoms with Crippen molar-refractivity contribution in [1.29, 1.82) is 0 Å². The third-order valence-electron chi connectivity index (χ3n) is 5.28. The van der Waals surface area contributed by atoms with Crippen LogP contribution in [0.4, 0.5) is 0 Å². The normalized spacial score (nSPS) is 20.7. The number of carbonyl (C=O) groups is 1. The monoisotopic (exact) mass is 358 g/mol. The molecular formula is C19H26N4O3. The van der Waals surface area contributed by atoms with Crippen molar-refractivity contribution in [2.45, 2.75) is 31.9 Å². The Hall–Kier alpha value is -2.12. The highest BCUT2D eigenvalue weighted by molar-refractivity contribution is 5.92. The average Bonchev–Trinajstić information content (AvgIpc) is 3.26. The Balaban J connectivity index is 1.40. The minimum atomic E-state index is -0.182. The van der Waals surface area contributed by atoms with E-state index in [9.17, 15) is 4.79 Å². The summed E-state index contributed by atoms with van der Waals surface area (Å²) in [6, 6.07) is 3.67. The summed E-state index contributed by atoms with van der Waals surface area (Å²) in [6.07, 6.45) is 6.90. The number of fused-ring (bicyclic) bond motifs is 1. The predicted octanol–water partition coefficient (Wildman–Crippen LogP) is 1.69. The highest BCUT2D eigenvalue weighted by atomic mass is 16.5. The van der Waals surface area contributed by atoms with Crippen molar-refractivity contribution >= 4 is 5.91 Å². The minimum Gasteiger partial charge on any atom is -0.381 e. The Bertz CT molecular complexity index is 761. The van der Waals surface area contributed by atoms with Gasteiger partial charge >= 0.3 is 0 Å². The molecule has 7 nitrogen and oxygen atoms in total. The molecule has 0 bridgehead atoms. The van der Waals surface area contributed by atoms with Gasteiger partial charge in [0.05, 0.1) is 12.3 Å². The standard InChI is InChI=1S/C19H26N4O3/c1-22-7-2-3-16(22)19(24)20-11-17-18-15(6-10-26-17)13-23(21-18)12-14-4-8-25-9-5-14/h2-3,7,13-14,17H,4-6,8-12H2,1H3,(H,20,24)/t17-/m1/s1. The second kappa shape index (κ2) is 7.63. The van der Waals surface area contributed by atoms with Crippen LogP contribution >= 0.6 is 0 Å². The van der Waals surface area contributed by atoms with Crippen LogP contribution in [0.2, 0.25) is 0 Å². The van der Waals surface area contributed by atoms with E-state index in [1.54, 1.807) is 0 Å². The topological polar surface area (TPSA) is 70.3 Å². The van der Waals surface area contributed by atoms with Gasteiger partial charge in [0.15, 0.2) is 0 Å². The Labute approximate surface area is 153 Å². The zero-order chi connectivity index (χ0) is 17.9. The number of hydrogen-bond acceptors (Lipinski definition) is 4. The van der Waals surface area contributed by atoms with E-state index < -0.39 is 0 Å². The van der Waals surface area contributed by atoms with Gasteiger partial charge in [-0.15, -0.1) is 0 Å². The Morgan fingerprint density at radius 2 is 2.19 bits per heavy atom. The van der Waals surface area contributed by atoms with Crippen LogP contribution in [0.15, 0.2) is 24.5 Å². The lowest BCUT2D eigenvalue weighted by Crippen LogP contribution is -2.32. The van der Waals surface area contributed by atoms with Gasteiger partial charge in [-0.25, -0.2) is 0 Å². The smallest absolute Gasteiger partial charge is 0.267 e. The highest BCUT2D eigenvalue weighted by Gasteiger charge is 2.26. The molecule has 140 valence electrons. The van der Waals surface area contributed by atoms with Gasteiger partial charge in [0.2, 0.25) is 0 Å². The number of ether oxygens (including phenoxy) is 2. The lowest BCUT2D eigenvalue weighted by molar-refractivity contribution is 0.0378. The van der Waals surface area contributed by atoms with E-state index in [4.69, 9.17) is 14.6 Å². The molecule has 0 aromatic carbocycles. The quantitative estimate of drug-likeness (QED) is 0.883. The highest BCUT2D eigenvalue weighted by Crippen LogP contribution is 2.26. The molecule has 1 fully saturated rings. The van der Waals surface area contributed by atoms with Gasteiger partial charge in [-0.3, -0.25) is 9.48 Å². The first kappa shape index (κ1) is 17.3. The number of nitrogens with one attached hydrogen (secondary N) is 1. The van der Waals surface area contributed by atoms with Crippen molar-refractivity contribution in [2.24, 2.45) is 13.0 Å². The summed E-state index contributed by atoms with van der Waals surface area (Å²) in [5.74, 6) is 0.538. The molecule has 0 unspecified atom stereocenters. The van der Waals surface area contributed by atoms with E-state index in [-0.39, 0.29) is 12.0 Å². The summed E-state index contributed by atoms with van der Waals surface area (Å²) in [5.41, 5.74) is 2.85. The van der Waals surface area contributed by atoms with Crippen LogP contribution in [0.25, 0.3) is 0 Å². The van der Waals surface area contributed by atoms with Crippen molar-refractivity contribution in [2.75, 3.05) is 26.4 Å². The Kier molecular flexibility index (Phi) is 5.08. The van der Waals surface area contributed by atoms with E-state index in [2.05, 4.69) is 16.2 Å². The van der Waals surface area contributed by atoms with E-state index in [1.165, 1.54) is 5.56 Å². The lowest BCUT2D eigenvalue weighted by atomic mass is 10.0. The van der Waals surface area contributed by atoms with Gasteiger partial charge in [0.25, 0.3) is 5.91 Å². The van der Waals surface area contributed by atoms with Gasteiger partial charge in [-0.05, 0) is 42.9 Å². The second-order valence-corrected chi connectivity index (χ2v) is 7.14. The molecule has 7 heteroatoms. The van der Waals surface area contributed by atoms with Gasteiger partial charge in [0, 0.05) is 45.7 Å². The largest absolute Gasteiger partial charge is 0.381 e. The molecule has 2 aromatic heterocycles. The number of amides is 1. The van der Waals surface area contributed by atoms with Gasteiger partial charge in [-0.2, -0.15) is 5.10 Å². The molecule has 1 atom stereocenters. The maximum absolute atomic E-state index is 12.3. The Morgan fingerprint density at radius 3 is 2.96 bits per heavy atom. The fourth-order valence-corrected chi connectivity index (χ4v) is 3.75. The van der Waals surface area contributed by atoms with Crippen LogP contribution in [0.5, 0.6) is 0 Å². The van der Waals surface area contributed by atoms with E-state index in [1.807, 2.05) is 29.9 Å². The number of hydrogen-bond donors (Lipinski definition) is 1. The zero-order valence-electron chi connectivity index (χ0n) is 15.2. The van der Waals surface area contributed by atoms with Crippen molar-refractivity contribution in [3.63, 3.8) is 0 Å². The number of rotatable bonds is 5. The maximum atomic E-state index is 12.3. The minimum absolute atomic E-state index is 0.0881. The van der Waals surface area contributed by atoms with Crippen LogP contribution in [-0.2, 0) is 29.5 Å². The van der Waals surface area contributed by atoms with Crippen molar-refractivity contribution in [3.05, 3.63) is 41.5 Å². The lowest BCUT2D eigenvalue weighted by Gasteiger charge is -2.22. The van der Waals surface area contributed by atoms with Crippen LogP contribution in [0.1, 0.15) is 40.7 Å². The molecule has 2 aromatic rings. The average molecular weight is 358 g/mol. The number of aromatic nitrogens is 3. The molecule has 0 saturated carbocycles. The van der Waals surface area contributed by atoms with Crippen LogP contribution in [-0.4, -0.2) is 46.6 Å². The maximum Gasteiger partial charge on any atom is 0.267 e. The van der Waals surface area contributed by atoms with E-state index in [0.29, 0.717) is 24.8 Å². The first-order valence-electron chi connectivity index (χ1n) is 9.36. The third kappa shape index (κ3) is 3.68. The van der Waals surface area contributed by atoms with Crippen molar-refractivity contribution < 1.29 is 14.3 Å². The van der Waals surface area contributed by atoms with Crippen molar-refractivity contribution in [3.8, 4) is 0 Å². The SMILES string of the molecule is Cn1cccc1C(=O)NC[C@H]1OCCc2cn(CC3CCOCC3)nc21. The van der Waals surface area contributed by atoms with E-state index in [0.717, 1.165) is 44.7 Å². The summed E-state index contributed by atoms with van der Waals surface area (Å²) < 4.78 is 15.2. The van der Waals surface area contributed by atoms with Crippen LogP contribution in [0.3, 0.4) is 0 Å². The Morgan fingerprint density at radius 1 is 1.35 bits per heavy atom. The molecule has 2 aliphatic heterocycles. The van der Waals surface area contributed by atoms with Crippen molar-refractivity contribution in [1.82, 2.24) is 19.7 Å². The molecule has 0 radical (unpaired) electrons. The molecular weight excluding hydrogens is 332 g/mol. The zero-order valence-corrected chi connectivity index (χ0v) is 15.2. The van der Waals surface area contributed by atoms with E-state index >= 15 is 0 Å². The molecule has 1 saturated heterocycles. The second-order valence-electron chi connectivity index (χ2n) is 7.14. The first-order valence-corrected chi connectivity index (χ1v) is 9.36. The molecule has 26 heavy (non-hydrogen) atoms. The van der Waals surface area contributed by atoms with Crippen LogP contribution in [0, 0.1) is 5.92 Å². The summed E-state index contributed by atoms with van der Waals surface area (Å²) >= 11 is 0. The molecule has 1 N–H and O–H groups in total. The fourth-order valence-electron chi connectivity index (χ4n) is 3.75. The fraction of sp³-hybridized carbons (Fsp3) is 0.579. The summed E-state index contributed by atoms with van der Waals surface area (Å²) in [6.45, 7) is 3.73. The molecule has 4 heterocycles. The molecule has 2 aliphatic rings.